The Hall–Kier alpha value is -2.29. The highest BCUT2D eigenvalue weighted by atomic mass is 19.1. The molecule has 0 bridgehead atoms. The molecule has 174 valence electrons. The summed E-state index contributed by atoms with van der Waals surface area (Å²) in [6.07, 6.45) is 13.4. The average molecular weight is 439 g/mol. The van der Waals surface area contributed by atoms with Gasteiger partial charge in [-0.1, -0.05) is 89.8 Å². The Balaban J connectivity index is 1.59. The minimum Gasteiger partial charge on any atom is -0.494 e. The summed E-state index contributed by atoms with van der Waals surface area (Å²) in [6.45, 7) is 5.74. The van der Waals surface area contributed by atoms with Crippen LogP contribution in [-0.4, -0.2) is 13.2 Å². The van der Waals surface area contributed by atoms with Crippen molar-refractivity contribution in [2.75, 3.05) is 13.2 Å². The van der Waals surface area contributed by atoms with Gasteiger partial charge < -0.3 is 9.47 Å². The van der Waals surface area contributed by atoms with Crippen molar-refractivity contribution in [2.45, 2.75) is 84.5 Å². The van der Waals surface area contributed by atoms with Gasteiger partial charge >= 0.3 is 0 Å². The van der Waals surface area contributed by atoms with Gasteiger partial charge in [0.05, 0.1) is 13.2 Å². The highest BCUT2D eigenvalue weighted by molar-refractivity contribution is 6.08. The van der Waals surface area contributed by atoms with Crippen molar-refractivity contribution in [2.24, 2.45) is 0 Å². The van der Waals surface area contributed by atoms with Gasteiger partial charge in [-0.15, -0.1) is 0 Å². The zero-order chi connectivity index (χ0) is 22.6. The molecule has 0 aromatic heterocycles. The summed E-state index contributed by atoms with van der Waals surface area (Å²) in [5.74, 6) is 0.970. The van der Waals surface area contributed by atoms with Crippen LogP contribution in [0.2, 0.25) is 0 Å². The van der Waals surface area contributed by atoms with Gasteiger partial charge in [-0.25, -0.2) is 4.39 Å². The first-order valence-corrected chi connectivity index (χ1v) is 12.6. The molecule has 0 aliphatic carbocycles. The van der Waals surface area contributed by atoms with Crippen LogP contribution in [0.4, 0.5) is 4.39 Å². The van der Waals surface area contributed by atoms with Crippen molar-refractivity contribution < 1.29 is 13.9 Å². The molecule has 0 saturated heterocycles. The molecule has 0 amide bonds. The first kappa shape index (κ1) is 24.4. The van der Waals surface area contributed by atoms with Gasteiger partial charge in [0, 0.05) is 5.39 Å². The van der Waals surface area contributed by atoms with Crippen molar-refractivity contribution >= 4 is 21.5 Å². The van der Waals surface area contributed by atoms with E-state index in [1.165, 1.54) is 51.4 Å². The monoisotopic (exact) mass is 438 g/mol. The molecule has 3 heteroatoms. The number of fused-ring (bicyclic) bond motifs is 3. The maximum absolute atomic E-state index is 15.0. The fourth-order valence-electron chi connectivity index (χ4n) is 4.23. The van der Waals surface area contributed by atoms with Gasteiger partial charge in [0.2, 0.25) is 0 Å². The zero-order valence-electron chi connectivity index (χ0n) is 19.9. The van der Waals surface area contributed by atoms with E-state index in [1.807, 2.05) is 30.3 Å². The highest BCUT2D eigenvalue weighted by Crippen LogP contribution is 2.33. The predicted octanol–water partition coefficient (Wildman–Crippen LogP) is 9.22. The minimum atomic E-state index is -0.265. The number of halogens is 1. The summed E-state index contributed by atoms with van der Waals surface area (Å²) in [6, 6.07) is 13.7. The molecule has 0 radical (unpaired) electrons. The van der Waals surface area contributed by atoms with Gasteiger partial charge in [-0.05, 0) is 53.3 Å². The molecule has 0 aliphatic heterocycles. The van der Waals surface area contributed by atoms with Crippen LogP contribution in [0, 0.1) is 5.82 Å². The van der Waals surface area contributed by atoms with Gasteiger partial charge in [0.15, 0.2) is 11.6 Å². The summed E-state index contributed by atoms with van der Waals surface area (Å²) < 4.78 is 26.7. The quantitative estimate of drug-likeness (QED) is 0.174. The number of rotatable bonds is 15. The lowest BCUT2D eigenvalue weighted by Crippen LogP contribution is -2.00. The summed E-state index contributed by atoms with van der Waals surface area (Å²) in [7, 11) is 0. The van der Waals surface area contributed by atoms with Crippen LogP contribution in [0.3, 0.4) is 0 Å². The number of hydrogen-bond acceptors (Lipinski definition) is 2. The molecule has 32 heavy (non-hydrogen) atoms. The molecule has 0 aliphatic rings. The molecule has 3 aromatic rings. The second kappa shape index (κ2) is 13.3. The van der Waals surface area contributed by atoms with Crippen molar-refractivity contribution in [1.82, 2.24) is 0 Å². The summed E-state index contributed by atoms with van der Waals surface area (Å²) in [4.78, 5) is 0. The van der Waals surface area contributed by atoms with Crippen LogP contribution >= 0.6 is 0 Å². The molecule has 3 aromatic carbocycles. The molecule has 0 fully saturated rings. The summed E-state index contributed by atoms with van der Waals surface area (Å²) in [5.41, 5.74) is 0. The largest absolute Gasteiger partial charge is 0.494 e. The van der Waals surface area contributed by atoms with E-state index >= 15 is 4.39 Å². The highest BCUT2D eigenvalue weighted by Gasteiger charge is 2.11. The third-order valence-corrected chi connectivity index (χ3v) is 6.16. The fraction of sp³-hybridized carbons (Fsp3) is 0.517. The Bertz CT molecular complexity index is 966. The molecule has 0 atom stereocenters. The number of unbranched alkanes of at least 4 members (excludes halogenated alkanes) is 9. The molecule has 3 rings (SSSR count). The van der Waals surface area contributed by atoms with E-state index in [-0.39, 0.29) is 5.82 Å². The topological polar surface area (TPSA) is 18.5 Å². The van der Waals surface area contributed by atoms with Crippen molar-refractivity contribution in [3.63, 3.8) is 0 Å². The third-order valence-electron chi connectivity index (χ3n) is 6.16. The SMILES string of the molecule is CCCCCCCCCOc1ccc2c(ccc3c(F)c(OCCCCCC)ccc32)c1. The molecule has 2 nitrogen and oxygen atoms in total. The van der Waals surface area contributed by atoms with Crippen LogP contribution in [0.5, 0.6) is 11.5 Å². The summed E-state index contributed by atoms with van der Waals surface area (Å²) >= 11 is 0. The number of hydrogen-bond donors (Lipinski definition) is 0. The lowest BCUT2D eigenvalue weighted by molar-refractivity contribution is 0.292. The Morgan fingerprint density at radius 3 is 1.94 bits per heavy atom. The van der Waals surface area contributed by atoms with Gasteiger partial charge in [0.1, 0.15) is 5.75 Å². The molecule has 0 spiro atoms. The first-order valence-electron chi connectivity index (χ1n) is 12.6. The molecular formula is C29H39FO2. The van der Waals surface area contributed by atoms with Gasteiger partial charge in [-0.2, -0.15) is 0 Å². The lowest BCUT2D eigenvalue weighted by Gasteiger charge is -2.12. The van der Waals surface area contributed by atoms with Gasteiger partial charge in [0.25, 0.3) is 0 Å². The van der Waals surface area contributed by atoms with Crippen molar-refractivity contribution in [3.05, 3.63) is 48.3 Å². The molecule has 0 heterocycles. The normalized spacial score (nSPS) is 11.3. The molecule has 0 unspecified atom stereocenters. The van der Waals surface area contributed by atoms with E-state index in [2.05, 4.69) is 19.9 Å². The Morgan fingerprint density at radius 1 is 0.594 bits per heavy atom. The average Bonchev–Trinajstić information content (AvgIpc) is 2.81. The van der Waals surface area contributed by atoms with E-state index in [4.69, 9.17) is 9.47 Å². The van der Waals surface area contributed by atoms with Crippen LogP contribution in [0.1, 0.15) is 84.5 Å². The number of benzene rings is 3. The predicted molar refractivity (Wildman–Crippen MR) is 135 cm³/mol. The van der Waals surface area contributed by atoms with E-state index in [9.17, 15) is 0 Å². The maximum atomic E-state index is 15.0. The lowest BCUT2D eigenvalue weighted by atomic mass is 10.0. The number of ether oxygens (including phenoxy) is 2. The minimum absolute atomic E-state index is 0.265. The van der Waals surface area contributed by atoms with E-state index in [1.54, 1.807) is 6.07 Å². The smallest absolute Gasteiger partial charge is 0.172 e. The first-order chi connectivity index (χ1) is 15.7. The van der Waals surface area contributed by atoms with Crippen molar-refractivity contribution in [1.29, 1.82) is 0 Å². The van der Waals surface area contributed by atoms with Crippen LogP contribution in [0.15, 0.2) is 42.5 Å². The second-order valence-corrected chi connectivity index (χ2v) is 8.80. The molecule has 0 saturated carbocycles. The standard InChI is InChI=1S/C29H39FO2/c1-3-5-7-9-10-11-13-20-31-24-15-17-25-23(22-24)14-16-27-26(25)18-19-28(29(27)30)32-21-12-8-6-4-2/h14-19,22H,3-13,20-21H2,1-2H3. The van der Waals surface area contributed by atoms with E-state index in [0.717, 1.165) is 47.8 Å². The van der Waals surface area contributed by atoms with Crippen LogP contribution in [-0.2, 0) is 0 Å². The van der Waals surface area contributed by atoms with Crippen LogP contribution < -0.4 is 9.47 Å². The van der Waals surface area contributed by atoms with Gasteiger partial charge in [-0.3, -0.25) is 0 Å². The molecular weight excluding hydrogens is 399 g/mol. The van der Waals surface area contributed by atoms with E-state index in [0.29, 0.717) is 17.7 Å². The zero-order valence-corrected chi connectivity index (χ0v) is 19.9. The van der Waals surface area contributed by atoms with Crippen molar-refractivity contribution in [3.8, 4) is 11.5 Å². The molecule has 0 N–H and O–H groups in total. The maximum Gasteiger partial charge on any atom is 0.172 e. The Morgan fingerprint density at radius 2 is 1.19 bits per heavy atom. The Labute approximate surface area is 193 Å². The Kier molecular flexibility index (Phi) is 10.1. The summed E-state index contributed by atoms with van der Waals surface area (Å²) in [5, 5.41) is 3.64. The third kappa shape index (κ3) is 6.85. The fourth-order valence-corrected chi connectivity index (χ4v) is 4.23. The second-order valence-electron chi connectivity index (χ2n) is 8.80. The van der Waals surface area contributed by atoms with Crippen LogP contribution in [0.25, 0.3) is 21.5 Å². The van der Waals surface area contributed by atoms with E-state index < -0.39 is 0 Å².